The van der Waals surface area contributed by atoms with Crippen molar-refractivity contribution in [1.82, 2.24) is 10.2 Å². The van der Waals surface area contributed by atoms with E-state index in [0.29, 0.717) is 5.56 Å². The van der Waals surface area contributed by atoms with Crippen LogP contribution in [-0.2, 0) is 4.79 Å². The highest BCUT2D eigenvalue weighted by molar-refractivity contribution is 5.88. The van der Waals surface area contributed by atoms with Crippen LogP contribution in [0.2, 0.25) is 0 Å². The Balaban J connectivity index is 2.25. The van der Waals surface area contributed by atoms with Gasteiger partial charge in [0.05, 0.1) is 4.92 Å². The van der Waals surface area contributed by atoms with E-state index in [9.17, 15) is 14.9 Å². The number of amides is 1. The van der Waals surface area contributed by atoms with Gasteiger partial charge in [-0.3, -0.25) is 20.2 Å². The van der Waals surface area contributed by atoms with Gasteiger partial charge in [0.2, 0.25) is 11.8 Å². The highest BCUT2D eigenvalue weighted by Crippen LogP contribution is 2.23. The first-order valence-corrected chi connectivity index (χ1v) is 5.48. The minimum Gasteiger partial charge on any atom is -0.403 e. The molecule has 2 rings (SSSR count). The van der Waals surface area contributed by atoms with Gasteiger partial charge in [-0.1, -0.05) is 18.1 Å². The van der Waals surface area contributed by atoms with Gasteiger partial charge in [-0.2, -0.15) is 0 Å². The Labute approximate surface area is 107 Å². The summed E-state index contributed by atoms with van der Waals surface area (Å²) < 4.78 is 5.20. The van der Waals surface area contributed by atoms with E-state index in [1.807, 2.05) is 0 Å². The van der Waals surface area contributed by atoms with E-state index in [1.165, 1.54) is 18.2 Å². The number of nitrogens with one attached hydrogen (secondary N) is 1. The summed E-state index contributed by atoms with van der Waals surface area (Å²) in [6.07, 6.45) is 0.286. The van der Waals surface area contributed by atoms with E-state index in [2.05, 4.69) is 15.5 Å². The smallest absolute Gasteiger partial charge is 0.322 e. The number of anilines is 1. The number of nitro groups is 1. The summed E-state index contributed by atoms with van der Waals surface area (Å²) in [6, 6.07) is 5.76. The summed E-state index contributed by atoms with van der Waals surface area (Å²) in [7, 11) is 0. The van der Waals surface area contributed by atoms with Gasteiger partial charge in [-0.15, -0.1) is 5.10 Å². The Bertz CT molecular complexity index is 623. The van der Waals surface area contributed by atoms with Crippen LogP contribution in [0.25, 0.3) is 11.5 Å². The third-order valence-corrected chi connectivity index (χ3v) is 2.30. The zero-order chi connectivity index (χ0) is 13.8. The molecule has 1 N–H and O–H groups in total. The van der Waals surface area contributed by atoms with Crippen LogP contribution in [-0.4, -0.2) is 21.0 Å². The lowest BCUT2D eigenvalue weighted by Gasteiger charge is -1.96. The van der Waals surface area contributed by atoms with Crippen LogP contribution in [0.3, 0.4) is 0 Å². The van der Waals surface area contributed by atoms with Gasteiger partial charge < -0.3 is 4.42 Å². The molecule has 0 aliphatic heterocycles. The molecule has 0 saturated heterocycles. The number of benzene rings is 1. The molecule has 0 bridgehead atoms. The van der Waals surface area contributed by atoms with Crippen LogP contribution in [0.5, 0.6) is 0 Å². The molecule has 1 amide bonds. The lowest BCUT2D eigenvalue weighted by atomic mass is 10.2. The Hall–Kier alpha value is -2.77. The molecule has 0 radical (unpaired) electrons. The van der Waals surface area contributed by atoms with Gasteiger partial charge in [0.15, 0.2) is 0 Å². The summed E-state index contributed by atoms with van der Waals surface area (Å²) in [5.74, 6) is -0.149. The molecular formula is C11H10N4O4. The first kappa shape index (κ1) is 12.7. The Kier molecular flexibility index (Phi) is 3.51. The molecule has 0 aliphatic carbocycles. The number of aromatic nitrogens is 2. The Morgan fingerprint density at radius 2 is 2.26 bits per heavy atom. The quantitative estimate of drug-likeness (QED) is 0.666. The van der Waals surface area contributed by atoms with Crippen molar-refractivity contribution in [3.8, 4) is 11.5 Å². The predicted molar refractivity (Wildman–Crippen MR) is 65.3 cm³/mol. The number of nitrogens with zero attached hydrogens (tertiary/aromatic N) is 3. The van der Waals surface area contributed by atoms with Crippen molar-refractivity contribution in [2.45, 2.75) is 13.3 Å². The summed E-state index contributed by atoms with van der Waals surface area (Å²) in [4.78, 5) is 21.3. The van der Waals surface area contributed by atoms with Crippen molar-refractivity contribution in [2.24, 2.45) is 0 Å². The molecule has 0 unspecified atom stereocenters. The molecule has 1 aromatic carbocycles. The van der Waals surface area contributed by atoms with Gasteiger partial charge in [-0.25, -0.2) is 0 Å². The second-order valence-corrected chi connectivity index (χ2v) is 3.62. The van der Waals surface area contributed by atoms with E-state index in [1.54, 1.807) is 13.0 Å². The number of rotatable bonds is 4. The normalized spacial score (nSPS) is 10.2. The van der Waals surface area contributed by atoms with Crippen molar-refractivity contribution in [1.29, 1.82) is 0 Å². The summed E-state index contributed by atoms with van der Waals surface area (Å²) >= 11 is 0. The largest absolute Gasteiger partial charge is 0.403 e. The standard InChI is InChI=1S/C11H10N4O4/c1-2-9(16)12-11-14-13-10(19-11)7-4-3-5-8(6-7)15(17)18/h3-6H,2H2,1H3,(H,12,14,16). The highest BCUT2D eigenvalue weighted by Gasteiger charge is 2.13. The van der Waals surface area contributed by atoms with Crippen LogP contribution >= 0.6 is 0 Å². The molecule has 19 heavy (non-hydrogen) atoms. The van der Waals surface area contributed by atoms with E-state index in [0.717, 1.165) is 0 Å². The minimum atomic E-state index is -0.514. The molecule has 98 valence electrons. The fourth-order valence-corrected chi connectivity index (χ4v) is 1.35. The highest BCUT2D eigenvalue weighted by atomic mass is 16.6. The number of carbonyl (C=O) groups is 1. The maximum atomic E-state index is 11.1. The number of hydrogen-bond acceptors (Lipinski definition) is 6. The third-order valence-electron chi connectivity index (χ3n) is 2.30. The van der Waals surface area contributed by atoms with Gasteiger partial charge >= 0.3 is 6.01 Å². The number of non-ortho nitro benzene ring substituents is 1. The van der Waals surface area contributed by atoms with Gasteiger partial charge in [-0.05, 0) is 6.07 Å². The average Bonchev–Trinajstić information content (AvgIpc) is 2.87. The lowest BCUT2D eigenvalue weighted by Crippen LogP contribution is -2.09. The molecule has 8 heteroatoms. The van der Waals surface area contributed by atoms with Crippen LogP contribution in [0.4, 0.5) is 11.7 Å². The van der Waals surface area contributed by atoms with Gasteiger partial charge in [0, 0.05) is 24.1 Å². The number of hydrogen-bond donors (Lipinski definition) is 1. The van der Waals surface area contributed by atoms with Crippen molar-refractivity contribution in [2.75, 3.05) is 5.32 Å². The van der Waals surface area contributed by atoms with Crippen LogP contribution in [0, 0.1) is 10.1 Å². The van der Waals surface area contributed by atoms with E-state index < -0.39 is 4.92 Å². The summed E-state index contributed by atoms with van der Waals surface area (Å²) in [6.45, 7) is 1.69. The second kappa shape index (κ2) is 5.25. The van der Waals surface area contributed by atoms with Crippen LogP contribution < -0.4 is 5.32 Å². The van der Waals surface area contributed by atoms with Crippen molar-refractivity contribution >= 4 is 17.6 Å². The molecule has 1 heterocycles. The first-order chi connectivity index (χ1) is 9.10. The van der Waals surface area contributed by atoms with Gasteiger partial charge in [0.25, 0.3) is 5.69 Å². The molecule has 0 atom stereocenters. The van der Waals surface area contributed by atoms with Crippen molar-refractivity contribution in [3.63, 3.8) is 0 Å². The molecule has 0 fully saturated rings. The molecule has 1 aromatic heterocycles. The zero-order valence-electron chi connectivity index (χ0n) is 9.99. The van der Waals surface area contributed by atoms with Crippen LogP contribution in [0.1, 0.15) is 13.3 Å². The molecule has 2 aromatic rings. The third kappa shape index (κ3) is 2.92. The monoisotopic (exact) mass is 262 g/mol. The molecule has 0 spiro atoms. The Morgan fingerprint density at radius 1 is 1.47 bits per heavy atom. The zero-order valence-corrected chi connectivity index (χ0v) is 9.99. The minimum absolute atomic E-state index is 0.0339. The maximum absolute atomic E-state index is 11.1. The van der Waals surface area contributed by atoms with E-state index >= 15 is 0 Å². The maximum Gasteiger partial charge on any atom is 0.322 e. The topological polar surface area (TPSA) is 111 Å². The Morgan fingerprint density at radius 3 is 2.95 bits per heavy atom. The fourth-order valence-electron chi connectivity index (χ4n) is 1.35. The van der Waals surface area contributed by atoms with E-state index in [4.69, 9.17) is 4.42 Å². The van der Waals surface area contributed by atoms with Gasteiger partial charge in [0.1, 0.15) is 0 Å². The van der Waals surface area contributed by atoms with E-state index in [-0.39, 0.29) is 29.9 Å². The molecule has 0 saturated carbocycles. The number of carbonyl (C=O) groups excluding carboxylic acids is 1. The molecular weight excluding hydrogens is 252 g/mol. The van der Waals surface area contributed by atoms with Crippen LogP contribution in [0.15, 0.2) is 28.7 Å². The SMILES string of the molecule is CCC(=O)Nc1nnc(-c2cccc([N+](=O)[O-])c2)o1. The summed E-state index contributed by atoms with van der Waals surface area (Å²) in [5.41, 5.74) is 0.341. The fraction of sp³-hybridized carbons (Fsp3) is 0.182. The predicted octanol–water partition coefficient (Wildman–Crippen LogP) is 1.99. The number of nitro benzene ring substituents is 1. The van der Waals surface area contributed by atoms with Crippen molar-refractivity contribution in [3.05, 3.63) is 34.4 Å². The molecule has 0 aliphatic rings. The van der Waals surface area contributed by atoms with Crippen molar-refractivity contribution < 1.29 is 14.1 Å². The lowest BCUT2D eigenvalue weighted by molar-refractivity contribution is -0.384. The summed E-state index contributed by atoms with van der Waals surface area (Å²) in [5, 5.41) is 20.4. The second-order valence-electron chi connectivity index (χ2n) is 3.62. The first-order valence-electron chi connectivity index (χ1n) is 5.48. The average molecular weight is 262 g/mol. The molecule has 8 nitrogen and oxygen atoms in total.